The second-order valence-corrected chi connectivity index (χ2v) is 8.88. The SMILES string of the molecule is C(=Cc1ccc(Nc2cccc3ccccc23)cc1)c1ccc(Nc2cccc3ccccc23)cc1. The summed E-state index contributed by atoms with van der Waals surface area (Å²) in [4.78, 5) is 0. The Morgan fingerprint density at radius 2 is 0.750 bits per heavy atom. The van der Waals surface area contributed by atoms with E-state index in [1.165, 1.54) is 21.5 Å². The summed E-state index contributed by atoms with van der Waals surface area (Å²) in [5.74, 6) is 0. The third kappa shape index (κ3) is 4.70. The molecular formula is C34H26N2. The molecule has 0 saturated heterocycles. The monoisotopic (exact) mass is 462 g/mol. The third-order valence-corrected chi connectivity index (χ3v) is 6.43. The highest BCUT2D eigenvalue weighted by atomic mass is 14.9. The van der Waals surface area contributed by atoms with Gasteiger partial charge < -0.3 is 10.6 Å². The Morgan fingerprint density at radius 3 is 1.19 bits per heavy atom. The standard InChI is InChI=1S/C34H26N2/c1-3-11-31-27(7-1)9-5-13-33(31)35-29-21-17-25(18-22-29)15-16-26-19-23-30(24-20-26)36-34-14-6-10-28-8-2-4-12-32(28)34/h1-24,35-36H. The lowest BCUT2D eigenvalue weighted by Crippen LogP contribution is -1.91. The number of rotatable bonds is 6. The molecule has 36 heavy (non-hydrogen) atoms. The summed E-state index contributed by atoms with van der Waals surface area (Å²) < 4.78 is 0. The van der Waals surface area contributed by atoms with E-state index < -0.39 is 0 Å². The summed E-state index contributed by atoms with van der Waals surface area (Å²) in [5, 5.41) is 12.0. The number of fused-ring (bicyclic) bond motifs is 2. The summed E-state index contributed by atoms with van der Waals surface area (Å²) in [6.45, 7) is 0. The normalized spacial score (nSPS) is 11.2. The zero-order chi connectivity index (χ0) is 24.2. The summed E-state index contributed by atoms with van der Waals surface area (Å²) in [6.07, 6.45) is 4.30. The van der Waals surface area contributed by atoms with E-state index in [0.717, 1.165) is 33.9 Å². The summed E-state index contributed by atoms with van der Waals surface area (Å²) in [7, 11) is 0. The van der Waals surface area contributed by atoms with Crippen molar-refractivity contribution in [3.8, 4) is 0 Å². The van der Waals surface area contributed by atoms with E-state index in [-0.39, 0.29) is 0 Å². The highest BCUT2D eigenvalue weighted by Crippen LogP contribution is 2.28. The molecular weight excluding hydrogens is 436 g/mol. The molecule has 6 aromatic carbocycles. The molecule has 0 fully saturated rings. The van der Waals surface area contributed by atoms with E-state index >= 15 is 0 Å². The van der Waals surface area contributed by atoms with Crippen LogP contribution in [0.5, 0.6) is 0 Å². The summed E-state index contributed by atoms with van der Waals surface area (Å²) >= 11 is 0. The minimum absolute atomic E-state index is 1.08. The molecule has 0 atom stereocenters. The van der Waals surface area contributed by atoms with Gasteiger partial charge in [-0.3, -0.25) is 0 Å². The fourth-order valence-corrected chi connectivity index (χ4v) is 4.53. The van der Waals surface area contributed by atoms with Crippen LogP contribution in [0.25, 0.3) is 33.7 Å². The van der Waals surface area contributed by atoms with Crippen LogP contribution >= 0.6 is 0 Å². The zero-order valence-corrected chi connectivity index (χ0v) is 19.9. The fourth-order valence-electron chi connectivity index (χ4n) is 4.53. The summed E-state index contributed by atoms with van der Waals surface area (Å²) in [5.41, 5.74) is 6.72. The van der Waals surface area contributed by atoms with Gasteiger partial charge in [-0.1, -0.05) is 109 Å². The number of benzene rings is 6. The maximum absolute atomic E-state index is 3.55. The first kappa shape index (κ1) is 21.7. The molecule has 0 bridgehead atoms. The van der Waals surface area contributed by atoms with E-state index in [1.54, 1.807) is 0 Å². The van der Waals surface area contributed by atoms with Crippen molar-refractivity contribution in [3.05, 3.63) is 145 Å². The van der Waals surface area contributed by atoms with Crippen molar-refractivity contribution < 1.29 is 0 Å². The predicted molar refractivity (Wildman–Crippen MR) is 156 cm³/mol. The maximum Gasteiger partial charge on any atom is 0.0463 e. The first-order chi connectivity index (χ1) is 17.8. The Morgan fingerprint density at radius 1 is 0.361 bits per heavy atom. The topological polar surface area (TPSA) is 24.1 Å². The first-order valence-corrected chi connectivity index (χ1v) is 12.2. The van der Waals surface area contributed by atoms with Crippen LogP contribution in [0.2, 0.25) is 0 Å². The molecule has 6 aromatic rings. The third-order valence-electron chi connectivity index (χ3n) is 6.43. The van der Waals surface area contributed by atoms with Crippen molar-refractivity contribution in [2.45, 2.75) is 0 Å². The Labute approximate surface area is 211 Å². The van der Waals surface area contributed by atoms with Crippen molar-refractivity contribution in [3.63, 3.8) is 0 Å². The number of anilines is 4. The molecule has 172 valence electrons. The molecule has 0 spiro atoms. The fraction of sp³-hybridized carbons (Fsp3) is 0. The highest BCUT2D eigenvalue weighted by molar-refractivity contribution is 5.96. The molecule has 2 heteroatoms. The minimum Gasteiger partial charge on any atom is -0.355 e. The van der Waals surface area contributed by atoms with Crippen molar-refractivity contribution in [2.75, 3.05) is 10.6 Å². The van der Waals surface area contributed by atoms with Crippen molar-refractivity contribution in [1.82, 2.24) is 0 Å². The van der Waals surface area contributed by atoms with Gasteiger partial charge in [-0.25, -0.2) is 0 Å². The van der Waals surface area contributed by atoms with Gasteiger partial charge in [0.05, 0.1) is 0 Å². The van der Waals surface area contributed by atoms with Crippen LogP contribution in [0.1, 0.15) is 11.1 Å². The van der Waals surface area contributed by atoms with Crippen LogP contribution in [-0.4, -0.2) is 0 Å². The highest BCUT2D eigenvalue weighted by Gasteiger charge is 2.02. The summed E-state index contributed by atoms with van der Waals surface area (Å²) in [6, 6.07) is 46.6. The van der Waals surface area contributed by atoms with Gasteiger partial charge in [0.1, 0.15) is 0 Å². The molecule has 0 saturated carbocycles. The molecule has 2 N–H and O–H groups in total. The lowest BCUT2D eigenvalue weighted by molar-refractivity contribution is 1.56. The van der Waals surface area contributed by atoms with Crippen molar-refractivity contribution in [2.24, 2.45) is 0 Å². The van der Waals surface area contributed by atoms with Crippen molar-refractivity contribution >= 4 is 56.4 Å². The Bertz CT molecular complexity index is 1530. The van der Waals surface area contributed by atoms with E-state index in [1.807, 2.05) is 0 Å². The lowest BCUT2D eigenvalue weighted by Gasteiger charge is -2.10. The molecule has 0 radical (unpaired) electrons. The zero-order valence-electron chi connectivity index (χ0n) is 19.9. The van der Waals surface area contributed by atoms with E-state index in [4.69, 9.17) is 0 Å². The lowest BCUT2D eigenvalue weighted by atomic mass is 10.1. The number of nitrogens with one attached hydrogen (secondary N) is 2. The average molecular weight is 463 g/mol. The molecule has 0 aliphatic carbocycles. The largest absolute Gasteiger partial charge is 0.355 e. The molecule has 0 amide bonds. The van der Waals surface area contributed by atoms with Crippen LogP contribution in [-0.2, 0) is 0 Å². The van der Waals surface area contributed by atoms with Crippen LogP contribution in [0.15, 0.2) is 133 Å². The van der Waals surface area contributed by atoms with Gasteiger partial charge in [-0.2, -0.15) is 0 Å². The second kappa shape index (κ2) is 9.81. The second-order valence-electron chi connectivity index (χ2n) is 8.88. The molecule has 0 aliphatic heterocycles. The van der Waals surface area contributed by atoms with Crippen LogP contribution < -0.4 is 10.6 Å². The maximum atomic E-state index is 3.55. The van der Waals surface area contributed by atoms with Crippen LogP contribution in [0, 0.1) is 0 Å². The van der Waals surface area contributed by atoms with Gasteiger partial charge in [0.15, 0.2) is 0 Å². The number of hydrogen-bond donors (Lipinski definition) is 2. The van der Waals surface area contributed by atoms with Gasteiger partial charge in [0.25, 0.3) is 0 Å². The van der Waals surface area contributed by atoms with Crippen molar-refractivity contribution in [1.29, 1.82) is 0 Å². The molecule has 0 unspecified atom stereocenters. The molecule has 0 heterocycles. The van der Waals surface area contributed by atoms with Gasteiger partial charge in [0, 0.05) is 33.5 Å². The Hall–Kier alpha value is -4.82. The van der Waals surface area contributed by atoms with E-state index in [9.17, 15) is 0 Å². The Kier molecular flexibility index (Phi) is 5.91. The smallest absolute Gasteiger partial charge is 0.0463 e. The van der Waals surface area contributed by atoms with E-state index in [0.29, 0.717) is 0 Å². The van der Waals surface area contributed by atoms with Crippen LogP contribution in [0.4, 0.5) is 22.7 Å². The van der Waals surface area contributed by atoms with Gasteiger partial charge in [-0.15, -0.1) is 0 Å². The van der Waals surface area contributed by atoms with Gasteiger partial charge >= 0.3 is 0 Å². The van der Waals surface area contributed by atoms with Crippen LogP contribution in [0.3, 0.4) is 0 Å². The number of hydrogen-bond acceptors (Lipinski definition) is 2. The molecule has 2 nitrogen and oxygen atoms in total. The quantitative estimate of drug-likeness (QED) is 0.241. The predicted octanol–water partition coefficient (Wildman–Crippen LogP) is 9.65. The minimum atomic E-state index is 1.08. The first-order valence-electron chi connectivity index (χ1n) is 12.2. The molecule has 0 aromatic heterocycles. The average Bonchev–Trinajstić information content (AvgIpc) is 2.94. The van der Waals surface area contributed by atoms with Gasteiger partial charge in [-0.05, 0) is 58.3 Å². The molecule has 0 aliphatic rings. The van der Waals surface area contributed by atoms with Gasteiger partial charge in [0.2, 0.25) is 0 Å². The Balaban J connectivity index is 1.13. The van der Waals surface area contributed by atoms with E-state index in [2.05, 4.69) is 156 Å². The molecule has 6 rings (SSSR count).